The van der Waals surface area contributed by atoms with Crippen molar-refractivity contribution in [1.29, 1.82) is 5.26 Å². The molecule has 0 radical (unpaired) electrons. The number of methoxy groups -OCH3 is 1. The fourth-order valence-corrected chi connectivity index (χ4v) is 9.24. The summed E-state index contributed by atoms with van der Waals surface area (Å²) < 4.78 is 31.6. The maximum absolute atomic E-state index is 17.2. The lowest BCUT2D eigenvalue weighted by molar-refractivity contribution is -0.133. The Morgan fingerprint density at radius 2 is 2.00 bits per heavy atom. The van der Waals surface area contributed by atoms with Crippen LogP contribution in [0.3, 0.4) is 0 Å². The molecular formula is C40H37Cl2FN6O3. The van der Waals surface area contributed by atoms with E-state index in [1.807, 2.05) is 24.0 Å². The number of likely N-dealkylation sites (tertiary alicyclic amines) is 1. The number of nitrogens with one attached hydrogen (secondary N) is 1. The van der Waals surface area contributed by atoms with Crippen LogP contribution < -0.4 is 14.8 Å². The molecule has 1 N–H and O–H groups in total. The summed E-state index contributed by atoms with van der Waals surface area (Å²) in [6, 6.07) is 15.3. The summed E-state index contributed by atoms with van der Waals surface area (Å²) in [7, 11) is 1.59. The highest BCUT2D eigenvalue weighted by Gasteiger charge is 2.51. The van der Waals surface area contributed by atoms with Crippen molar-refractivity contribution < 1.29 is 18.7 Å². The molecule has 0 spiro atoms. The number of hydrogen-bond donors (Lipinski definition) is 1. The lowest BCUT2D eigenvalue weighted by atomic mass is 9.79. The standard InChI is InChI=1S/C40H37Cl2FN6O3/c1-20-26-17-31(30-16-24(19-48(30)40(50)21-10-11-21)52-39-32(51-2)9-5-13-45-39)49(37-23-15-29(37)46-18-23)38(26)27-14-22(6-4-12-44)33(35(43)36(27)47-20)25-7-3-8-28(41)34(25)42/h3,5,7-9,13-14,17,21,23-24,29-30,37,46H,4,6,10-11,15-16,18-19H2,1-2H3/t23-,24+,29-,30-,37+/m1/s1. The second-order valence-corrected chi connectivity index (χ2v) is 15.3. The van der Waals surface area contributed by atoms with Crippen LogP contribution in [0, 0.1) is 35.9 Å². The average Bonchev–Trinajstić information content (AvgIpc) is 3.43. The zero-order valence-electron chi connectivity index (χ0n) is 28.8. The Bertz CT molecular complexity index is 2310. The number of aromatic nitrogens is 3. The normalized spacial score (nSPS) is 23.6. The second kappa shape index (κ2) is 12.9. The van der Waals surface area contributed by atoms with Gasteiger partial charge in [-0.1, -0.05) is 35.3 Å². The molecule has 2 aromatic carbocycles. The summed E-state index contributed by atoms with van der Waals surface area (Å²) in [5.74, 6) is 1.00. The minimum absolute atomic E-state index is 0.0165. The Morgan fingerprint density at radius 3 is 2.73 bits per heavy atom. The quantitative estimate of drug-likeness (QED) is 0.163. The van der Waals surface area contributed by atoms with E-state index in [9.17, 15) is 10.1 Å². The van der Waals surface area contributed by atoms with Crippen molar-refractivity contribution in [2.75, 3.05) is 20.2 Å². The van der Waals surface area contributed by atoms with Crippen LogP contribution in [-0.2, 0) is 11.2 Å². The second-order valence-electron chi connectivity index (χ2n) is 14.5. The summed E-state index contributed by atoms with van der Waals surface area (Å²) in [5.41, 5.74) is 4.28. The molecule has 2 bridgehead atoms. The van der Waals surface area contributed by atoms with E-state index in [4.69, 9.17) is 37.7 Å². The number of ether oxygens (including phenoxy) is 2. The molecule has 10 rings (SSSR count). The number of aryl methyl sites for hydroxylation is 2. The van der Waals surface area contributed by atoms with Gasteiger partial charge >= 0.3 is 0 Å². The number of nitriles is 1. The molecule has 2 aliphatic carbocycles. The van der Waals surface area contributed by atoms with E-state index in [0.717, 1.165) is 42.4 Å². The Kier molecular flexibility index (Phi) is 8.29. The van der Waals surface area contributed by atoms with Gasteiger partial charge < -0.3 is 24.3 Å². The van der Waals surface area contributed by atoms with E-state index in [1.54, 1.807) is 37.6 Å². The summed E-state index contributed by atoms with van der Waals surface area (Å²) in [5, 5.41) is 15.5. The predicted octanol–water partition coefficient (Wildman–Crippen LogP) is 8.13. The minimum atomic E-state index is -0.493. The van der Waals surface area contributed by atoms with Gasteiger partial charge in [0.1, 0.15) is 11.6 Å². The van der Waals surface area contributed by atoms with Crippen LogP contribution in [0.1, 0.15) is 61.1 Å². The van der Waals surface area contributed by atoms with Gasteiger partial charge in [0.15, 0.2) is 11.6 Å². The number of benzene rings is 2. The number of fused-ring (bicyclic) bond motifs is 4. The van der Waals surface area contributed by atoms with Crippen molar-refractivity contribution >= 4 is 50.9 Å². The van der Waals surface area contributed by atoms with Gasteiger partial charge in [0, 0.05) is 70.8 Å². The Labute approximate surface area is 310 Å². The third-order valence-corrected chi connectivity index (χ3v) is 12.3. The first-order valence-corrected chi connectivity index (χ1v) is 18.7. The van der Waals surface area contributed by atoms with Gasteiger partial charge in [0.2, 0.25) is 5.91 Å². The van der Waals surface area contributed by atoms with Crippen LogP contribution >= 0.6 is 23.2 Å². The van der Waals surface area contributed by atoms with Crippen molar-refractivity contribution in [1.82, 2.24) is 24.8 Å². The summed E-state index contributed by atoms with van der Waals surface area (Å²) in [6.45, 7) is 3.24. The molecule has 266 valence electrons. The molecule has 3 saturated heterocycles. The van der Waals surface area contributed by atoms with Crippen LogP contribution in [0.4, 0.5) is 4.39 Å². The van der Waals surface area contributed by atoms with Gasteiger partial charge in [-0.2, -0.15) is 5.26 Å². The van der Waals surface area contributed by atoms with Crippen molar-refractivity contribution in [3.63, 3.8) is 0 Å². The number of nitrogens with zero attached hydrogens (tertiary/aromatic N) is 5. The van der Waals surface area contributed by atoms with Gasteiger partial charge in [0.25, 0.3) is 5.88 Å². The first-order chi connectivity index (χ1) is 25.3. The average molecular weight is 740 g/mol. The molecule has 5 atom stereocenters. The minimum Gasteiger partial charge on any atom is -0.491 e. The van der Waals surface area contributed by atoms with E-state index in [0.29, 0.717) is 69.7 Å². The number of hydrogen-bond acceptors (Lipinski definition) is 7. The summed E-state index contributed by atoms with van der Waals surface area (Å²) in [6.07, 6.45) is 5.28. The molecule has 12 heteroatoms. The van der Waals surface area contributed by atoms with Gasteiger partial charge in [-0.05, 0) is 74.4 Å². The lowest BCUT2D eigenvalue weighted by Crippen LogP contribution is -2.41. The Hall–Kier alpha value is -4.43. The lowest BCUT2D eigenvalue weighted by Gasteiger charge is -2.39. The van der Waals surface area contributed by atoms with E-state index >= 15 is 4.39 Å². The first kappa shape index (κ1) is 33.4. The van der Waals surface area contributed by atoms with Crippen molar-refractivity contribution in [3.8, 4) is 28.8 Å². The van der Waals surface area contributed by atoms with E-state index in [2.05, 4.69) is 27.0 Å². The molecular weight excluding hydrogens is 702 g/mol. The first-order valence-electron chi connectivity index (χ1n) is 17.9. The van der Waals surface area contributed by atoms with E-state index in [1.165, 1.54) is 0 Å². The molecule has 52 heavy (non-hydrogen) atoms. The molecule has 5 fully saturated rings. The smallest absolute Gasteiger partial charge is 0.257 e. The maximum atomic E-state index is 17.2. The van der Waals surface area contributed by atoms with Crippen LogP contribution in [-0.4, -0.2) is 57.7 Å². The SMILES string of the molecule is COc1cccnc1O[C@H]1C[C@H](c2cc3c(C)nc4c(F)c(-c5cccc(Cl)c5Cl)c(CCC#N)cc4c3n2[C@H]2[C@H]3CN[C@@H]2C3)N(C(=O)C2CC2)C1. The monoisotopic (exact) mass is 738 g/mol. The maximum Gasteiger partial charge on any atom is 0.257 e. The van der Waals surface area contributed by atoms with Crippen LogP contribution in [0.25, 0.3) is 32.9 Å². The molecule has 5 aromatic rings. The van der Waals surface area contributed by atoms with Crippen LogP contribution in [0.2, 0.25) is 10.0 Å². The molecule has 5 aliphatic rings. The zero-order valence-corrected chi connectivity index (χ0v) is 30.3. The third kappa shape index (κ3) is 5.31. The van der Waals surface area contributed by atoms with Gasteiger partial charge in [-0.3, -0.25) is 4.79 Å². The molecule has 1 amide bonds. The molecule has 2 saturated carbocycles. The molecule has 3 aromatic heterocycles. The summed E-state index contributed by atoms with van der Waals surface area (Å²) in [4.78, 5) is 25.4. The number of carbonyl (C=O) groups excluding carboxylic acids is 1. The van der Waals surface area contributed by atoms with E-state index < -0.39 is 5.82 Å². The summed E-state index contributed by atoms with van der Waals surface area (Å²) >= 11 is 13.1. The third-order valence-electron chi connectivity index (χ3n) is 11.5. The highest BCUT2D eigenvalue weighted by atomic mass is 35.5. The highest BCUT2D eigenvalue weighted by molar-refractivity contribution is 6.43. The van der Waals surface area contributed by atoms with Crippen LogP contribution in [0.5, 0.6) is 11.6 Å². The number of amides is 1. The Balaban J connectivity index is 1.26. The topological polar surface area (TPSA) is 105 Å². The molecule has 6 heterocycles. The largest absolute Gasteiger partial charge is 0.491 e. The van der Waals surface area contributed by atoms with Gasteiger partial charge in [0.05, 0.1) is 47.4 Å². The molecule has 9 nitrogen and oxygen atoms in total. The zero-order chi connectivity index (χ0) is 35.8. The Morgan fingerprint density at radius 1 is 1.15 bits per heavy atom. The van der Waals surface area contributed by atoms with Crippen LogP contribution in [0.15, 0.2) is 48.7 Å². The van der Waals surface area contributed by atoms with Crippen molar-refractivity contribution in [2.24, 2.45) is 11.8 Å². The number of rotatable bonds is 9. The van der Waals surface area contributed by atoms with Gasteiger partial charge in [-0.15, -0.1) is 0 Å². The fraction of sp³-hybridized carbons (Fsp3) is 0.400. The predicted molar refractivity (Wildman–Crippen MR) is 197 cm³/mol. The number of pyridine rings is 2. The molecule has 3 aliphatic heterocycles. The molecule has 0 unspecified atom stereocenters. The van der Waals surface area contributed by atoms with Crippen molar-refractivity contribution in [3.05, 3.63) is 81.5 Å². The number of carbonyl (C=O) groups is 1. The highest BCUT2D eigenvalue weighted by Crippen LogP contribution is 2.51. The number of halogens is 3. The van der Waals surface area contributed by atoms with Gasteiger partial charge in [-0.25, -0.2) is 14.4 Å². The fourth-order valence-electron chi connectivity index (χ4n) is 8.85. The van der Waals surface area contributed by atoms with Crippen molar-refractivity contribution in [2.45, 2.75) is 69.7 Å². The van der Waals surface area contributed by atoms with E-state index in [-0.39, 0.29) is 53.0 Å².